The van der Waals surface area contributed by atoms with E-state index in [1.165, 1.54) is 0 Å². The van der Waals surface area contributed by atoms with E-state index in [2.05, 4.69) is 0 Å². The van der Waals surface area contributed by atoms with E-state index in [0.29, 0.717) is 9.93 Å². The summed E-state index contributed by atoms with van der Waals surface area (Å²) in [6, 6.07) is 14.9. The molecule has 1 unspecified atom stereocenters. The third-order valence-electron chi connectivity index (χ3n) is 3.85. The minimum absolute atomic E-state index is 0.129. The van der Waals surface area contributed by atoms with Gasteiger partial charge in [-0.3, -0.25) is 9.69 Å². The van der Waals surface area contributed by atoms with Gasteiger partial charge in [-0.15, -0.1) is 0 Å². The van der Waals surface area contributed by atoms with Gasteiger partial charge >= 0.3 is 0 Å². The molecule has 0 spiro atoms. The maximum absolute atomic E-state index is 12.8. The molecule has 2 aromatic carbocycles. The average molecular weight is 403 g/mol. The van der Waals surface area contributed by atoms with Crippen LogP contribution in [0.15, 0.2) is 59.5 Å². The van der Waals surface area contributed by atoms with Crippen LogP contribution in [0.5, 0.6) is 0 Å². The first-order valence-corrected chi connectivity index (χ1v) is 9.33. The zero-order valence-corrected chi connectivity index (χ0v) is 15.8. The van der Waals surface area contributed by atoms with Crippen molar-refractivity contribution < 1.29 is 14.7 Å². The van der Waals surface area contributed by atoms with Crippen molar-refractivity contribution in [1.29, 1.82) is 0 Å². The Morgan fingerprint density at radius 3 is 2.46 bits per heavy atom. The molecule has 0 saturated carbocycles. The maximum atomic E-state index is 12.8. The highest BCUT2D eigenvalue weighted by molar-refractivity contribution is 8.26. The Bertz CT molecular complexity index is 881. The first-order valence-electron chi connectivity index (χ1n) is 7.73. The fourth-order valence-electron chi connectivity index (χ4n) is 2.58. The molecule has 1 aliphatic rings. The molecule has 3 rings (SSSR count). The molecule has 0 radical (unpaired) electrons. The van der Waals surface area contributed by atoms with Crippen LogP contribution in [-0.4, -0.2) is 27.1 Å². The van der Waals surface area contributed by atoms with Gasteiger partial charge in [-0.05, 0) is 35.8 Å². The smallest absolute Gasteiger partial charge is 0.266 e. The predicted molar refractivity (Wildman–Crippen MR) is 105 cm³/mol. The Balaban J connectivity index is 1.86. The normalized spacial score (nSPS) is 17.0. The van der Waals surface area contributed by atoms with Gasteiger partial charge in [0, 0.05) is 5.02 Å². The number of halogens is 1. The van der Waals surface area contributed by atoms with Gasteiger partial charge < -0.3 is 9.90 Å². The lowest BCUT2D eigenvalue weighted by Crippen LogP contribution is -2.51. The molecule has 0 aromatic heterocycles. The largest absolute Gasteiger partial charge is 0.548 e. The molecule has 1 heterocycles. The zero-order valence-electron chi connectivity index (χ0n) is 13.4. The summed E-state index contributed by atoms with van der Waals surface area (Å²) < 4.78 is 0.209. The number of carboxylic acids is 1. The van der Waals surface area contributed by atoms with Crippen LogP contribution in [0.4, 0.5) is 0 Å². The first kappa shape index (κ1) is 18.6. The van der Waals surface area contributed by atoms with Crippen LogP contribution in [0.3, 0.4) is 0 Å². The number of thioether (sulfide) groups is 1. The van der Waals surface area contributed by atoms with Crippen LogP contribution in [0.25, 0.3) is 6.08 Å². The topological polar surface area (TPSA) is 60.4 Å². The van der Waals surface area contributed by atoms with Crippen LogP contribution < -0.4 is 5.11 Å². The first-order chi connectivity index (χ1) is 12.5. The summed E-state index contributed by atoms with van der Waals surface area (Å²) >= 11 is 12.2. The van der Waals surface area contributed by atoms with Crippen LogP contribution in [0, 0.1) is 0 Å². The number of hydrogen-bond donors (Lipinski definition) is 0. The number of rotatable bonds is 5. The summed E-state index contributed by atoms with van der Waals surface area (Å²) in [4.78, 5) is 25.9. The third kappa shape index (κ3) is 4.15. The highest BCUT2D eigenvalue weighted by atomic mass is 35.5. The van der Waals surface area contributed by atoms with Crippen molar-refractivity contribution in [3.05, 3.63) is 75.7 Å². The molecule has 1 fully saturated rings. The standard InChI is InChI=1S/C19H14ClNO3S2/c20-14-8-6-13(7-9-14)11-16-17(22)21(19(25)26-16)15(18(23)24)10-12-4-2-1-3-5-12/h1-9,11,15H,10H2,(H,23,24)/p-1. The second-order valence-corrected chi connectivity index (χ2v) is 7.74. The molecular formula is C19H13ClNO3S2-. The fourth-order valence-corrected chi connectivity index (χ4v) is 4.06. The second kappa shape index (κ2) is 8.03. The molecule has 132 valence electrons. The van der Waals surface area contributed by atoms with Crippen LogP contribution in [0.1, 0.15) is 11.1 Å². The molecule has 4 nitrogen and oxygen atoms in total. The van der Waals surface area contributed by atoms with Crippen molar-refractivity contribution >= 4 is 57.9 Å². The molecule has 26 heavy (non-hydrogen) atoms. The van der Waals surface area contributed by atoms with Crippen molar-refractivity contribution in [2.45, 2.75) is 12.5 Å². The Kier molecular flexibility index (Phi) is 5.76. The Morgan fingerprint density at radius 1 is 1.19 bits per heavy atom. The molecule has 1 saturated heterocycles. The van der Waals surface area contributed by atoms with Gasteiger partial charge in [0.1, 0.15) is 4.32 Å². The minimum Gasteiger partial charge on any atom is -0.548 e. The lowest BCUT2D eigenvalue weighted by Gasteiger charge is -2.27. The van der Waals surface area contributed by atoms with Gasteiger partial charge in [-0.1, -0.05) is 78.0 Å². The van der Waals surface area contributed by atoms with Crippen LogP contribution >= 0.6 is 35.6 Å². The summed E-state index contributed by atoms with van der Waals surface area (Å²) in [7, 11) is 0. The van der Waals surface area contributed by atoms with E-state index >= 15 is 0 Å². The molecule has 0 aliphatic carbocycles. The summed E-state index contributed by atoms with van der Waals surface area (Å²) in [6.07, 6.45) is 1.80. The maximum Gasteiger partial charge on any atom is 0.266 e. The number of carbonyl (C=O) groups is 2. The fraction of sp³-hybridized carbons (Fsp3) is 0.105. The van der Waals surface area contributed by atoms with E-state index in [0.717, 1.165) is 27.8 Å². The summed E-state index contributed by atoms with van der Waals surface area (Å²) in [5, 5.41) is 12.3. The van der Waals surface area contributed by atoms with E-state index in [4.69, 9.17) is 23.8 Å². The van der Waals surface area contributed by atoms with Crippen molar-refractivity contribution in [3.63, 3.8) is 0 Å². The number of amides is 1. The van der Waals surface area contributed by atoms with Gasteiger partial charge in [0.15, 0.2) is 0 Å². The van der Waals surface area contributed by atoms with Crippen molar-refractivity contribution in [1.82, 2.24) is 4.90 Å². The highest BCUT2D eigenvalue weighted by Crippen LogP contribution is 2.34. The highest BCUT2D eigenvalue weighted by Gasteiger charge is 2.37. The van der Waals surface area contributed by atoms with Crippen molar-refractivity contribution in [2.75, 3.05) is 0 Å². The van der Waals surface area contributed by atoms with E-state index in [9.17, 15) is 14.7 Å². The number of aliphatic carboxylic acids is 1. The van der Waals surface area contributed by atoms with Gasteiger partial charge in [-0.2, -0.15) is 0 Å². The van der Waals surface area contributed by atoms with E-state index in [-0.39, 0.29) is 10.7 Å². The number of carbonyl (C=O) groups excluding carboxylic acids is 2. The third-order valence-corrected chi connectivity index (χ3v) is 5.43. The van der Waals surface area contributed by atoms with Gasteiger partial charge in [0.05, 0.1) is 16.9 Å². The Morgan fingerprint density at radius 2 is 1.85 bits per heavy atom. The summed E-state index contributed by atoms with van der Waals surface area (Å²) in [6.45, 7) is 0. The monoisotopic (exact) mass is 402 g/mol. The number of nitrogens with zero attached hydrogens (tertiary/aromatic N) is 1. The molecule has 7 heteroatoms. The lowest BCUT2D eigenvalue weighted by molar-refractivity contribution is -0.310. The second-order valence-electron chi connectivity index (χ2n) is 5.63. The van der Waals surface area contributed by atoms with Gasteiger partial charge in [0.25, 0.3) is 5.91 Å². The number of hydrogen-bond acceptors (Lipinski definition) is 5. The molecule has 0 bridgehead atoms. The summed E-state index contributed by atoms with van der Waals surface area (Å²) in [5.74, 6) is -1.77. The molecular weight excluding hydrogens is 390 g/mol. The minimum atomic E-state index is -1.34. The zero-order chi connectivity index (χ0) is 18.7. The van der Waals surface area contributed by atoms with Crippen LogP contribution in [0.2, 0.25) is 5.02 Å². The Hall–Kier alpha value is -2.15. The van der Waals surface area contributed by atoms with Gasteiger partial charge in [-0.25, -0.2) is 0 Å². The quantitative estimate of drug-likeness (QED) is 0.568. The summed E-state index contributed by atoms with van der Waals surface area (Å²) in [5.41, 5.74) is 1.57. The van der Waals surface area contributed by atoms with Gasteiger partial charge in [0.2, 0.25) is 0 Å². The SMILES string of the molecule is O=C([O-])C(Cc1ccccc1)N1C(=O)C(=Cc2ccc(Cl)cc2)SC1=S. The molecule has 1 amide bonds. The molecule has 0 N–H and O–H groups in total. The van der Waals surface area contributed by atoms with Crippen molar-refractivity contribution in [2.24, 2.45) is 0 Å². The Labute approximate surface area is 165 Å². The van der Waals surface area contributed by atoms with Crippen molar-refractivity contribution in [3.8, 4) is 0 Å². The molecule has 1 atom stereocenters. The molecule has 1 aliphatic heterocycles. The number of thiocarbonyl (C=S) groups is 1. The predicted octanol–water partition coefficient (Wildman–Crippen LogP) is 2.90. The number of benzene rings is 2. The van der Waals surface area contributed by atoms with E-state index in [1.54, 1.807) is 42.5 Å². The average Bonchev–Trinajstić information content (AvgIpc) is 2.89. The van der Waals surface area contributed by atoms with Crippen LogP contribution in [-0.2, 0) is 16.0 Å². The number of carboxylic acid groups (broad SMARTS) is 1. The van der Waals surface area contributed by atoms with E-state index < -0.39 is 17.9 Å². The van der Waals surface area contributed by atoms with E-state index in [1.807, 2.05) is 18.2 Å². The lowest BCUT2D eigenvalue weighted by atomic mass is 10.0. The molecule has 2 aromatic rings.